The van der Waals surface area contributed by atoms with Gasteiger partial charge in [0.05, 0.1) is 12.2 Å². The molecule has 184 valence electrons. The maximum atomic E-state index is 11.1. The molecule has 2 aromatic rings. The van der Waals surface area contributed by atoms with Gasteiger partial charge >= 0.3 is 11.9 Å². The number of ether oxygens (including phenoxy) is 1. The van der Waals surface area contributed by atoms with Gasteiger partial charge in [0.15, 0.2) is 0 Å². The summed E-state index contributed by atoms with van der Waals surface area (Å²) in [5.41, 5.74) is 2.31. The largest absolute Gasteiger partial charge is 0.493 e. The highest BCUT2D eigenvalue weighted by atomic mass is 16.5. The monoisotopic (exact) mass is 468 g/mol. The van der Waals surface area contributed by atoms with Crippen molar-refractivity contribution in [3.8, 4) is 5.75 Å². The molecule has 0 spiro atoms. The van der Waals surface area contributed by atoms with Gasteiger partial charge in [-0.3, -0.25) is 4.79 Å². The number of carboxylic acid groups (broad SMARTS) is 2. The quantitative estimate of drug-likeness (QED) is 0.252. The minimum absolute atomic E-state index is 0.165. The van der Waals surface area contributed by atoms with Crippen LogP contribution in [0.1, 0.15) is 72.9 Å². The van der Waals surface area contributed by atoms with E-state index in [4.69, 9.17) is 20.1 Å². The summed E-state index contributed by atoms with van der Waals surface area (Å²) in [6, 6.07) is 14.8. The Balaban J connectivity index is 2.03. The van der Waals surface area contributed by atoms with Crippen molar-refractivity contribution in [2.24, 2.45) is 5.92 Å². The summed E-state index contributed by atoms with van der Waals surface area (Å²) < 4.78 is 5.99. The van der Waals surface area contributed by atoms with Gasteiger partial charge in [-0.1, -0.05) is 55.3 Å². The fourth-order valence-corrected chi connectivity index (χ4v) is 3.77. The van der Waals surface area contributed by atoms with Crippen LogP contribution in [0.5, 0.6) is 5.75 Å². The molecule has 0 radical (unpaired) electrons. The summed E-state index contributed by atoms with van der Waals surface area (Å²) in [5.74, 6) is -0.701. The zero-order valence-corrected chi connectivity index (χ0v) is 19.7. The van der Waals surface area contributed by atoms with E-state index in [1.54, 1.807) is 12.1 Å². The highest BCUT2D eigenvalue weighted by Crippen LogP contribution is 2.24. The third-order valence-electron chi connectivity index (χ3n) is 5.69. The lowest BCUT2D eigenvalue weighted by atomic mass is 9.92. The summed E-state index contributed by atoms with van der Waals surface area (Å²) in [7, 11) is 0. The van der Waals surface area contributed by atoms with Crippen molar-refractivity contribution in [3.63, 3.8) is 0 Å². The first-order valence-electron chi connectivity index (χ1n) is 12.0. The lowest BCUT2D eigenvalue weighted by Gasteiger charge is -2.14. The lowest BCUT2D eigenvalue weighted by molar-refractivity contribution is -0.137. The average molecular weight is 469 g/mol. The molecule has 0 saturated carbocycles. The minimum Gasteiger partial charge on any atom is -0.493 e. The first-order chi connectivity index (χ1) is 16.5. The number of aliphatic hydroxyl groups excluding tert-OH is 1. The summed E-state index contributed by atoms with van der Waals surface area (Å²) in [5, 5.41) is 26.9. The van der Waals surface area contributed by atoms with E-state index in [0.29, 0.717) is 13.0 Å². The van der Waals surface area contributed by atoms with Crippen molar-refractivity contribution in [1.82, 2.24) is 0 Å². The molecule has 0 fully saturated rings. The first kappa shape index (κ1) is 27.1. The van der Waals surface area contributed by atoms with Crippen molar-refractivity contribution >= 4 is 18.0 Å². The first-order valence-corrected chi connectivity index (χ1v) is 12.0. The standard InChI is InChI=1S/C28H36O6/c29-19-7-1-2-8-20-34-26-11-5-4-10-24(26)16-13-22(9-3-6-12-27(30)31)21-23-14-17-25(18-15-23)28(32)33/h4-5,10-11,13-18,22,29H,1-3,6-9,12,19-21H2,(H,30,31)(H,32,33)/b16-13+. The Morgan fingerprint density at radius 1 is 0.882 bits per heavy atom. The molecule has 6 heteroatoms. The Morgan fingerprint density at radius 3 is 2.32 bits per heavy atom. The molecule has 2 rings (SSSR count). The number of hydrogen-bond donors (Lipinski definition) is 3. The molecule has 6 nitrogen and oxygen atoms in total. The third kappa shape index (κ3) is 10.7. The molecule has 0 saturated heterocycles. The molecule has 0 aromatic heterocycles. The Labute approximate surface area is 201 Å². The molecule has 0 amide bonds. The number of aromatic carboxylic acids is 1. The molecule has 0 aliphatic heterocycles. The molecular weight excluding hydrogens is 432 g/mol. The second kappa shape index (κ2) is 15.7. The highest BCUT2D eigenvalue weighted by molar-refractivity contribution is 5.87. The van der Waals surface area contributed by atoms with Gasteiger partial charge in [0, 0.05) is 18.6 Å². The van der Waals surface area contributed by atoms with Crippen molar-refractivity contribution in [1.29, 1.82) is 0 Å². The van der Waals surface area contributed by atoms with Gasteiger partial charge in [0.2, 0.25) is 0 Å². The molecule has 3 N–H and O–H groups in total. The molecule has 1 unspecified atom stereocenters. The van der Waals surface area contributed by atoms with Gasteiger partial charge in [-0.15, -0.1) is 0 Å². The minimum atomic E-state index is -0.943. The van der Waals surface area contributed by atoms with Crippen molar-refractivity contribution in [3.05, 3.63) is 71.3 Å². The zero-order chi connectivity index (χ0) is 24.6. The molecule has 0 aliphatic rings. The van der Waals surface area contributed by atoms with Gasteiger partial charge in [0.25, 0.3) is 0 Å². The summed E-state index contributed by atoms with van der Waals surface area (Å²) in [6.45, 7) is 0.862. The van der Waals surface area contributed by atoms with Gasteiger partial charge in [0.1, 0.15) is 5.75 Å². The lowest BCUT2D eigenvalue weighted by Crippen LogP contribution is -2.04. The van der Waals surface area contributed by atoms with Crippen LogP contribution in [-0.2, 0) is 11.2 Å². The van der Waals surface area contributed by atoms with Gasteiger partial charge in [-0.25, -0.2) is 4.79 Å². The van der Waals surface area contributed by atoms with Crippen LogP contribution < -0.4 is 4.74 Å². The predicted molar refractivity (Wildman–Crippen MR) is 133 cm³/mol. The second-order valence-electron chi connectivity index (χ2n) is 8.49. The molecule has 34 heavy (non-hydrogen) atoms. The molecule has 0 aliphatic carbocycles. The number of aliphatic carboxylic acids is 1. The third-order valence-corrected chi connectivity index (χ3v) is 5.69. The average Bonchev–Trinajstić information content (AvgIpc) is 2.83. The Morgan fingerprint density at radius 2 is 1.62 bits per heavy atom. The number of carboxylic acids is 2. The van der Waals surface area contributed by atoms with Crippen LogP contribution in [0.4, 0.5) is 0 Å². The van der Waals surface area contributed by atoms with E-state index in [9.17, 15) is 9.59 Å². The molecular formula is C28H36O6. The number of carbonyl (C=O) groups is 2. The van der Waals surface area contributed by atoms with Gasteiger partial charge < -0.3 is 20.1 Å². The second-order valence-corrected chi connectivity index (χ2v) is 8.49. The maximum Gasteiger partial charge on any atom is 0.335 e. The van der Waals surface area contributed by atoms with E-state index in [-0.39, 0.29) is 24.5 Å². The smallest absolute Gasteiger partial charge is 0.335 e. The predicted octanol–water partition coefficient (Wildman–Crippen LogP) is 5.83. The van der Waals surface area contributed by atoms with Crippen LogP contribution in [-0.4, -0.2) is 40.5 Å². The van der Waals surface area contributed by atoms with E-state index in [2.05, 4.69) is 12.2 Å². The number of aliphatic hydroxyl groups is 1. The fraction of sp³-hybridized carbons (Fsp3) is 0.429. The maximum absolute atomic E-state index is 11.1. The SMILES string of the molecule is O=C(O)CCCCC(/C=C/c1ccccc1OCCCCCCO)Cc1ccc(C(=O)O)cc1. The van der Waals surface area contributed by atoms with Crippen molar-refractivity contribution in [2.75, 3.05) is 13.2 Å². The van der Waals surface area contributed by atoms with E-state index < -0.39 is 11.9 Å². The van der Waals surface area contributed by atoms with Gasteiger partial charge in [-0.05, 0) is 68.2 Å². The van der Waals surface area contributed by atoms with Crippen LogP contribution in [0, 0.1) is 5.92 Å². The number of unbranched alkanes of at least 4 members (excludes halogenated alkanes) is 4. The van der Waals surface area contributed by atoms with Crippen LogP contribution in [0.3, 0.4) is 0 Å². The van der Waals surface area contributed by atoms with Gasteiger partial charge in [-0.2, -0.15) is 0 Å². The fourth-order valence-electron chi connectivity index (χ4n) is 3.77. The van der Waals surface area contributed by atoms with Crippen molar-refractivity contribution in [2.45, 2.75) is 57.8 Å². The van der Waals surface area contributed by atoms with Crippen LogP contribution >= 0.6 is 0 Å². The summed E-state index contributed by atoms with van der Waals surface area (Å²) in [4.78, 5) is 22.0. The Hall–Kier alpha value is -3.12. The number of para-hydroxylation sites is 1. The molecule has 1 atom stereocenters. The number of benzene rings is 2. The summed E-state index contributed by atoms with van der Waals surface area (Å²) >= 11 is 0. The Bertz CT molecular complexity index is 903. The normalized spacial score (nSPS) is 12.0. The number of allylic oxidation sites excluding steroid dienone is 1. The highest BCUT2D eigenvalue weighted by Gasteiger charge is 2.10. The molecule has 0 bridgehead atoms. The summed E-state index contributed by atoms with van der Waals surface area (Å²) in [6.07, 6.45) is 11.2. The topological polar surface area (TPSA) is 104 Å². The Kier molecular flexibility index (Phi) is 12.5. The number of hydrogen-bond acceptors (Lipinski definition) is 4. The van der Waals surface area contributed by atoms with Crippen LogP contribution in [0.2, 0.25) is 0 Å². The zero-order valence-electron chi connectivity index (χ0n) is 19.7. The number of rotatable bonds is 17. The van der Waals surface area contributed by atoms with Crippen molar-refractivity contribution < 1.29 is 29.6 Å². The van der Waals surface area contributed by atoms with E-state index in [1.165, 1.54) is 0 Å². The molecule has 0 heterocycles. The van der Waals surface area contributed by atoms with E-state index in [0.717, 1.165) is 61.8 Å². The van der Waals surface area contributed by atoms with E-state index >= 15 is 0 Å². The molecule has 2 aromatic carbocycles. The van der Waals surface area contributed by atoms with Crippen LogP contribution in [0.15, 0.2) is 54.6 Å². The van der Waals surface area contributed by atoms with Crippen LogP contribution in [0.25, 0.3) is 6.08 Å². The van der Waals surface area contributed by atoms with E-state index in [1.807, 2.05) is 36.4 Å².